The molecule has 17 heteroatoms. The van der Waals surface area contributed by atoms with Crippen LogP contribution in [0.1, 0.15) is 126 Å². The maximum absolute atomic E-state index is 15.2. The Balaban J connectivity index is 0.000000995. The van der Waals surface area contributed by atoms with E-state index in [1.54, 1.807) is 75.3 Å². The van der Waals surface area contributed by atoms with Crippen molar-refractivity contribution in [1.82, 2.24) is 9.97 Å². The van der Waals surface area contributed by atoms with E-state index in [1.165, 1.54) is 60.1 Å². The predicted octanol–water partition coefficient (Wildman–Crippen LogP) is 12.2. The summed E-state index contributed by atoms with van der Waals surface area (Å²) in [5.41, 5.74) is 1.01. The number of hydrogen-bond acceptors (Lipinski definition) is 10. The summed E-state index contributed by atoms with van der Waals surface area (Å²) >= 11 is 7.61. The first kappa shape index (κ1) is 57.8. The van der Waals surface area contributed by atoms with Gasteiger partial charge in [-0.3, -0.25) is 16.5 Å². The van der Waals surface area contributed by atoms with Crippen LogP contribution in [0.4, 0.5) is 17.6 Å². The summed E-state index contributed by atoms with van der Waals surface area (Å²) in [6.45, 7) is 20.8. The Bertz CT molecular complexity index is 2180. The number of nitrogens with zero attached hydrogens (tertiary/aromatic N) is 2. The van der Waals surface area contributed by atoms with E-state index in [1.807, 2.05) is 0 Å². The van der Waals surface area contributed by atoms with Crippen LogP contribution in [0, 0.1) is 30.5 Å². The van der Waals surface area contributed by atoms with E-state index in [4.69, 9.17) is 9.47 Å². The van der Waals surface area contributed by atoms with Crippen molar-refractivity contribution in [2.45, 2.75) is 106 Å². The summed E-state index contributed by atoms with van der Waals surface area (Å²) in [6.07, 6.45) is 2.34. The first-order chi connectivity index (χ1) is 28.2. The van der Waals surface area contributed by atoms with E-state index in [9.17, 15) is 32.3 Å². The van der Waals surface area contributed by atoms with E-state index < -0.39 is 58.6 Å². The Morgan fingerprint density at radius 2 is 1.08 bits per heavy atom. The van der Waals surface area contributed by atoms with Crippen molar-refractivity contribution in [1.29, 1.82) is 0 Å². The quantitative estimate of drug-likeness (QED) is 0.0420. The molecule has 0 spiro atoms. The van der Waals surface area contributed by atoms with Crippen LogP contribution in [0.3, 0.4) is 0 Å². The second-order valence-corrected chi connectivity index (χ2v) is 16.4. The van der Waals surface area contributed by atoms with E-state index in [-0.39, 0.29) is 42.4 Å². The molecule has 0 atom stereocenters. The van der Waals surface area contributed by atoms with Gasteiger partial charge in [0.05, 0.1) is 31.8 Å². The number of benzene rings is 2. The molecular formula is C45H54Br2F4N2O8Zn. The van der Waals surface area contributed by atoms with E-state index in [2.05, 4.69) is 55.9 Å². The fourth-order valence-electron chi connectivity index (χ4n) is 5.66. The van der Waals surface area contributed by atoms with E-state index in [0.29, 0.717) is 37.9 Å². The number of pyridine rings is 2. The van der Waals surface area contributed by atoms with Crippen LogP contribution >= 0.6 is 29.6 Å². The maximum atomic E-state index is 15.2. The molecule has 336 valence electrons. The molecule has 0 saturated carbocycles. The van der Waals surface area contributed by atoms with Gasteiger partial charge in [-0.15, -0.1) is 0 Å². The number of ether oxygens (including phenoxy) is 4. The van der Waals surface area contributed by atoms with Crippen molar-refractivity contribution >= 4 is 53.4 Å². The third-order valence-electron chi connectivity index (χ3n) is 7.85. The number of methoxy groups -OCH3 is 2. The molecule has 2 heterocycles. The summed E-state index contributed by atoms with van der Waals surface area (Å²) in [7, 11) is 2.34. The van der Waals surface area contributed by atoms with Crippen molar-refractivity contribution in [3.63, 3.8) is 0 Å². The molecule has 0 bridgehead atoms. The van der Waals surface area contributed by atoms with Crippen LogP contribution in [0.5, 0.6) is 0 Å². The molecule has 0 aliphatic rings. The molecule has 0 saturated heterocycles. The number of carbonyl (C=O) groups excluding carboxylic acids is 4. The van der Waals surface area contributed by atoms with Gasteiger partial charge in [-0.2, -0.15) is 8.78 Å². The Labute approximate surface area is 387 Å². The fourth-order valence-corrected chi connectivity index (χ4v) is 6.64. The van der Waals surface area contributed by atoms with Gasteiger partial charge in [-0.1, -0.05) is 35.1 Å². The second-order valence-electron chi connectivity index (χ2n) is 15.6. The Kier molecular flexibility index (Phi) is 24.0. The zero-order valence-electron chi connectivity index (χ0n) is 36.3. The van der Waals surface area contributed by atoms with Gasteiger partial charge in [0.2, 0.25) is 11.9 Å². The normalized spacial score (nSPS) is 10.7. The standard InChI is InChI=1S/C22H25F2NO4.C16H14BrF2NO2.C6H11O2.CH4.BrH.Zn/c1-12(2)19-15(11-18(26)29-22(3,4)5)14(13-7-8-25-17(23)9-13)10-16(20(19)24)21(27)28-6;1-8(2)13-14(17)10(9-4-5-20-12(18)6-9)7-11(15(13)19)16(21)22-3;1-5(7)8-6(2,3)4;;;/h7-10,12H,11H2,1-6H3;4-8H,1-3H3;1H2,2-4H3;1H4;1H;/q;;-1;;;+2/p-1. The third-order valence-corrected chi connectivity index (χ3v) is 8.70. The summed E-state index contributed by atoms with van der Waals surface area (Å²) in [5, 5.41) is 0. The zero-order valence-corrected chi connectivity index (χ0v) is 42.5. The molecule has 0 aliphatic heterocycles. The SMILES string of the molecule is C.COC(=O)c1cc(-c2ccnc(F)c2)c(Br)c(C(C)C)c1F.COC(=O)c1cc(-c2ccnc(F)c2)c(CC(=O)OC(C)(C)C)c(C(C)C)c1F.[CH2-]C(=O)OC(C)(C)C.[Zn+][Br]. The molecule has 62 heavy (non-hydrogen) atoms. The van der Waals surface area contributed by atoms with Crippen LogP contribution in [-0.2, 0) is 51.3 Å². The number of rotatable bonds is 8. The summed E-state index contributed by atoms with van der Waals surface area (Å²) in [5.74, 6) is -5.98. The molecule has 2 aromatic carbocycles. The van der Waals surface area contributed by atoms with Crippen LogP contribution in [0.2, 0.25) is 0 Å². The van der Waals surface area contributed by atoms with Crippen LogP contribution < -0.4 is 0 Å². The molecule has 10 nitrogen and oxygen atoms in total. The first-order valence-electron chi connectivity index (χ1n) is 18.5. The van der Waals surface area contributed by atoms with Crippen LogP contribution in [0.15, 0.2) is 53.3 Å². The van der Waals surface area contributed by atoms with Crippen molar-refractivity contribution in [2.75, 3.05) is 14.2 Å². The molecule has 0 aliphatic carbocycles. The van der Waals surface area contributed by atoms with Crippen molar-refractivity contribution in [3.8, 4) is 22.3 Å². The van der Waals surface area contributed by atoms with Gasteiger partial charge in [0.15, 0.2) is 5.97 Å². The van der Waals surface area contributed by atoms with Crippen LogP contribution in [-0.4, -0.2) is 59.3 Å². The molecule has 0 unspecified atom stereocenters. The summed E-state index contributed by atoms with van der Waals surface area (Å²) in [6, 6.07) is 8.14. The van der Waals surface area contributed by atoms with Crippen LogP contribution in [0.25, 0.3) is 22.3 Å². The molecular weight excluding hydrogens is 998 g/mol. The second kappa shape index (κ2) is 25.8. The van der Waals surface area contributed by atoms with E-state index >= 15 is 4.39 Å². The molecule has 4 aromatic rings. The minimum atomic E-state index is -0.857. The average Bonchev–Trinajstić information content (AvgIpc) is 3.13. The summed E-state index contributed by atoms with van der Waals surface area (Å²) < 4.78 is 76.8. The number of carbonyl (C=O) groups is 4. The monoisotopic (exact) mass is 1050 g/mol. The van der Waals surface area contributed by atoms with Gasteiger partial charge in [-0.05, 0) is 127 Å². The third kappa shape index (κ3) is 17.5. The zero-order chi connectivity index (χ0) is 47.2. The van der Waals surface area contributed by atoms with Gasteiger partial charge in [0.1, 0.15) is 22.8 Å². The molecule has 0 radical (unpaired) electrons. The fraction of sp³-hybridized carbons (Fsp3) is 0.400. The average molecular weight is 1050 g/mol. The van der Waals surface area contributed by atoms with Gasteiger partial charge in [0, 0.05) is 34.6 Å². The number of esters is 4. The summed E-state index contributed by atoms with van der Waals surface area (Å²) in [4.78, 5) is 53.6. The number of halogens is 6. The topological polar surface area (TPSA) is 131 Å². The first-order valence-corrected chi connectivity index (χ1v) is 26.3. The Morgan fingerprint density at radius 1 is 0.694 bits per heavy atom. The van der Waals surface area contributed by atoms with Crippen molar-refractivity contribution in [2.24, 2.45) is 0 Å². The predicted molar refractivity (Wildman–Crippen MR) is 234 cm³/mol. The van der Waals surface area contributed by atoms with Crippen molar-refractivity contribution < 1.29 is 72.0 Å². The Hall–Kier alpha value is -4.21. The Morgan fingerprint density at radius 3 is 1.42 bits per heavy atom. The molecule has 4 rings (SSSR count). The van der Waals surface area contributed by atoms with E-state index in [0.717, 1.165) is 13.2 Å². The van der Waals surface area contributed by atoms with Gasteiger partial charge in [0.25, 0.3) is 0 Å². The molecule has 2 aromatic heterocycles. The number of aromatic nitrogens is 2. The molecule has 0 N–H and O–H groups in total. The van der Waals surface area contributed by atoms with Gasteiger partial charge >= 0.3 is 47.9 Å². The number of hydrogen-bond donors (Lipinski definition) is 0. The van der Waals surface area contributed by atoms with Gasteiger partial charge in [-0.25, -0.2) is 28.3 Å². The van der Waals surface area contributed by atoms with Gasteiger partial charge < -0.3 is 18.9 Å². The van der Waals surface area contributed by atoms with Crippen molar-refractivity contribution in [3.05, 3.63) is 112 Å². The minimum absolute atomic E-state index is 0. The molecule has 0 fully saturated rings. The molecule has 0 amide bonds.